The van der Waals surface area contributed by atoms with Gasteiger partial charge in [0.05, 0.1) is 12.1 Å². The van der Waals surface area contributed by atoms with Crippen molar-refractivity contribution in [3.63, 3.8) is 0 Å². The van der Waals surface area contributed by atoms with Gasteiger partial charge in [0.2, 0.25) is 5.91 Å². The van der Waals surface area contributed by atoms with E-state index in [4.69, 9.17) is 0 Å². The normalized spacial score (nSPS) is 10.8. The Morgan fingerprint density at radius 1 is 1.38 bits per heavy atom. The highest BCUT2D eigenvalue weighted by atomic mass is 32.1. The molecule has 0 atom stereocenters. The predicted molar refractivity (Wildman–Crippen MR) is 93.5 cm³/mol. The SMILES string of the molecule is CCN(Cc1cccc(C)c1)C(=O)Cc1csc(-c2ncn[nH]2)n1. The number of carbonyl (C=O) groups excluding carboxylic acids is 1. The Hall–Kier alpha value is -2.54. The first-order valence-electron chi connectivity index (χ1n) is 7.79. The summed E-state index contributed by atoms with van der Waals surface area (Å²) in [7, 11) is 0. The van der Waals surface area contributed by atoms with E-state index in [-0.39, 0.29) is 5.91 Å². The highest BCUT2D eigenvalue weighted by Gasteiger charge is 2.16. The number of nitrogens with one attached hydrogen (secondary N) is 1. The molecule has 2 heterocycles. The second-order valence-corrected chi connectivity index (χ2v) is 6.41. The zero-order valence-corrected chi connectivity index (χ0v) is 14.5. The van der Waals surface area contributed by atoms with Crippen LogP contribution in [0, 0.1) is 6.92 Å². The number of amides is 1. The zero-order valence-electron chi connectivity index (χ0n) is 13.7. The van der Waals surface area contributed by atoms with Gasteiger partial charge in [0.15, 0.2) is 10.8 Å². The molecule has 1 amide bonds. The van der Waals surface area contributed by atoms with Gasteiger partial charge in [0, 0.05) is 18.5 Å². The van der Waals surface area contributed by atoms with Crippen molar-refractivity contribution in [2.24, 2.45) is 0 Å². The number of aryl methyl sites for hydroxylation is 1. The number of hydrogen-bond acceptors (Lipinski definition) is 5. The molecule has 6 nitrogen and oxygen atoms in total. The molecule has 2 aromatic heterocycles. The van der Waals surface area contributed by atoms with Gasteiger partial charge in [-0.05, 0) is 19.4 Å². The maximum Gasteiger partial charge on any atom is 0.228 e. The minimum absolute atomic E-state index is 0.0772. The number of likely N-dealkylation sites (N-methyl/N-ethyl adjacent to an activating group) is 1. The van der Waals surface area contributed by atoms with Gasteiger partial charge in [-0.25, -0.2) is 9.97 Å². The van der Waals surface area contributed by atoms with Gasteiger partial charge in [-0.1, -0.05) is 29.8 Å². The van der Waals surface area contributed by atoms with Crippen molar-refractivity contribution >= 4 is 17.2 Å². The van der Waals surface area contributed by atoms with Crippen LogP contribution < -0.4 is 0 Å². The molecule has 0 radical (unpaired) electrons. The lowest BCUT2D eigenvalue weighted by atomic mass is 10.1. The monoisotopic (exact) mass is 341 g/mol. The number of benzene rings is 1. The van der Waals surface area contributed by atoms with Crippen LogP contribution >= 0.6 is 11.3 Å². The Bertz CT molecular complexity index is 812. The molecular weight excluding hydrogens is 322 g/mol. The number of H-pyrrole nitrogens is 1. The van der Waals surface area contributed by atoms with Crippen molar-refractivity contribution in [2.75, 3.05) is 6.54 Å². The van der Waals surface area contributed by atoms with Crippen molar-refractivity contribution in [1.29, 1.82) is 0 Å². The number of rotatable bonds is 6. The summed E-state index contributed by atoms with van der Waals surface area (Å²) in [5.41, 5.74) is 3.11. The van der Waals surface area contributed by atoms with Crippen LogP contribution in [0.2, 0.25) is 0 Å². The van der Waals surface area contributed by atoms with E-state index < -0.39 is 0 Å². The van der Waals surface area contributed by atoms with Crippen molar-refractivity contribution in [1.82, 2.24) is 25.1 Å². The van der Waals surface area contributed by atoms with E-state index in [1.165, 1.54) is 23.2 Å². The molecule has 0 aliphatic carbocycles. The maximum atomic E-state index is 12.6. The van der Waals surface area contributed by atoms with Gasteiger partial charge >= 0.3 is 0 Å². The topological polar surface area (TPSA) is 74.8 Å². The first kappa shape index (κ1) is 16.3. The number of aromatic nitrogens is 4. The van der Waals surface area contributed by atoms with Crippen LogP contribution in [0.15, 0.2) is 36.0 Å². The van der Waals surface area contributed by atoms with Crippen LogP contribution in [-0.2, 0) is 17.8 Å². The molecule has 0 saturated heterocycles. The fourth-order valence-corrected chi connectivity index (χ4v) is 3.24. The Morgan fingerprint density at radius 2 is 2.25 bits per heavy atom. The molecule has 1 N–H and O–H groups in total. The highest BCUT2D eigenvalue weighted by Crippen LogP contribution is 2.20. The Kier molecular flexibility index (Phi) is 5.00. The summed E-state index contributed by atoms with van der Waals surface area (Å²) in [6, 6.07) is 8.24. The summed E-state index contributed by atoms with van der Waals surface area (Å²) in [4.78, 5) is 23.0. The van der Waals surface area contributed by atoms with E-state index in [1.54, 1.807) is 0 Å². The molecule has 7 heteroatoms. The lowest BCUT2D eigenvalue weighted by Gasteiger charge is -2.21. The molecule has 0 spiro atoms. The lowest BCUT2D eigenvalue weighted by Crippen LogP contribution is -2.31. The molecule has 0 bridgehead atoms. The standard InChI is InChI=1S/C17H19N5OS/c1-3-22(9-13-6-4-5-12(2)7-13)15(23)8-14-10-24-17(20-14)16-18-11-19-21-16/h4-7,10-11H,3,8-9H2,1-2H3,(H,18,19,21). The Labute approximate surface area is 144 Å². The van der Waals surface area contributed by atoms with E-state index in [2.05, 4.69) is 39.2 Å². The zero-order chi connectivity index (χ0) is 16.9. The first-order chi connectivity index (χ1) is 11.7. The third-order valence-corrected chi connectivity index (χ3v) is 4.59. The summed E-state index contributed by atoms with van der Waals surface area (Å²) < 4.78 is 0. The van der Waals surface area contributed by atoms with E-state index in [0.29, 0.717) is 25.3 Å². The number of nitrogens with zero attached hydrogens (tertiary/aromatic N) is 4. The van der Waals surface area contributed by atoms with E-state index >= 15 is 0 Å². The largest absolute Gasteiger partial charge is 0.338 e. The summed E-state index contributed by atoms with van der Waals surface area (Å²) in [5.74, 6) is 0.708. The number of hydrogen-bond donors (Lipinski definition) is 1. The second-order valence-electron chi connectivity index (χ2n) is 5.55. The highest BCUT2D eigenvalue weighted by molar-refractivity contribution is 7.13. The fourth-order valence-electron chi connectivity index (χ4n) is 2.48. The molecule has 1 aromatic carbocycles. The van der Waals surface area contributed by atoms with Crippen LogP contribution in [0.25, 0.3) is 10.8 Å². The lowest BCUT2D eigenvalue weighted by molar-refractivity contribution is -0.130. The molecule has 0 fully saturated rings. The molecule has 0 unspecified atom stereocenters. The number of carbonyl (C=O) groups is 1. The predicted octanol–water partition coefficient (Wildman–Crippen LogP) is 2.83. The fraction of sp³-hybridized carbons (Fsp3) is 0.294. The molecule has 0 aliphatic rings. The van der Waals surface area contributed by atoms with Gasteiger partial charge in [0.1, 0.15) is 6.33 Å². The van der Waals surface area contributed by atoms with Gasteiger partial charge in [-0.2, -0.15) is 5.10 Å². The third-order valence-electron chi connectivity index (χ3n) is 3.69. The molecule has 0 aliphatic heterocycles. The molecule has 3 rings (SSSR count). The Morgan fingerprint density at radius 3 is 2.96 bits per heavy atom. The molecule has 3 aromatic rings. The van der Waals surface area contributed by atoms with E-state index in [9.17, 15) is 4.79 Å². The summed E-state index contributed by atoms with van der Waals surface area (Å²) >= 11 is 1.46. The third kappa shape index (κ3) is 3.86. The van der Waals surface area contributed by atoms with Crippen LogP contribution in [0.4, 0.5) is 0 Å². The smallest absolute Gasteiger partial charge is 0.228 e. The molecular formula is C17H19N5OS. The van der Waals surface area contributed by atoms with Gasteiger partial charge < -0.3 is 4.90 Å². The molecule has 124 valence electrons. The Balaban J connectivity index is 1.66. The average Bonchev–Trinajstić information content (AvgIpc) is 3.23. The summed E-state index contributed by atoms with van der Waals surface area (Å²) in [5, 5.41) is 9.25. The van der Waals surface area contributed by atoms with E-state index in [1.807, 2.05) is 29.3 Å². The van der Waals surface area contributed by atoms with Crippen molar-refractivity contribution in [3.05, 3.63) is 52.8 Å². The number of thiazole rings is 1. The minimum atomic E-state index is 0.0772. The summed E-state index contributed by atoms with van der Waals surface area (Å²) in [6.45, 7) is 5.35. The van der Waals surface area contributed by atoms with E-state index in [0.717, 1.165) is 16.3 Å². The first-order valence-corrected chi connectivity index (χ1v) is 8.67. The van der Waals surface area contributed by atoms with Crippen LogP contribution in [-0.4, -0.2) is 37.5 Å². The van der Waals surface area contributed by atoms with Crippen LogP contribution in [0.3, 0.4) is 0 Å². The van der Waals surface area contributed by atoms with Crippen LogP contribution in [0.1, 0.15) is 23.7 Å². The van der Waals surface area contributed by atoms with Crippen molar-refractivity contribution in [2.45, 2.75) is 26.8 Å². The number of aromatic amines is 1. The van der Waals surface area contributed by atoms with Crippen LogP contribution in [0.5, 0.6) is 0 Å². The van der Waals surface area contributed by atoms with Crippen molar-refractivity contribution in [3.8, 4) is 10.8 Å². The maximum absolute atomic E-state index is 12.6. The second kappa shape index (κ2) is 7.35. The summed E-state index contributed by atoms with van der Waals surface area (Å²) in [6.07, 6.45) is 1.74. The minimum Gasteiger partial charge on any atom is -0.338 e. The average molecular weight is 341 g/mol. The molecule has 24 heavy (non-hydrogen) atoms. The van der Waals surface area contributed by atoms with Crippen molar-refractivity contribution < 1.29 is 4.79 Å². The molecule has 0 saturated carbocycles. The quantitative estimate of drug-likeness (QED) is 0.748. The van der Waals surface area contributed by atoms with Gasteiger partial charge in [-0.15, -0.1) is 11.3 Å². The van der Waals surface area contributed by atoms with Gasteiger partial charge in [-0.3, -0.25) is 9.89 Å². The van der Waals surface area contributed by atoms with Gasteiger partial charge in [0.25, 0.3) is 0 Å².